The number of benzene rings is 1. The zero-order chi connectivity index (χ0) is 22.9. The number of aryl methyl sites for hydroxylation is 1. The normalized spacial score (nSPS) is 20.7. The number of likely N-dealkylation sites (tertiary alicyclic amines) is 1. The molecule has 2 aliphatic heterocycles. The molecule has 2 aromatic rings. The molecular weight excluding hydrogens is 421 g/mol. The molecule has 32 heavy (non-hydrogen) atoms. The van der Waals surface area contributed by atoms with Crippen LogP contribution in [0.15, 0.2) is 30.5 Å². The van der Waals surface area contributed by atoms with Gasteiger partial charge >= 0.3 is 6.18 Å². The molecule has 2 atom stereocenters. The zero-order valence-electron chi connectivity index (χ0n) is 17.6. The van der Waals surface area contributed by atoms with Crippen LogP contribution in [0.4, 0.5) is 18.9 Å². The SMILES string of the molecule is Cc1cc(CCN2CC3CCC(C2)O3)cc(C#N)c1NC(=O)c1cc(C(F)(F)F)ccn1. The molecule has 9 heteroatoms. The number of hydrogen-bond donors (Lipinski definition) is 1. The van der Waals surface area contributed by atoms with Crippen LogP contribution in [0.1, 0.15) is 45.6 Å². The van der Waals surface area contributed by atoms with E-state index in [0.717, 1.165) is 56.7 Å². The van der Waals surface area contributed by atoms with E-state index in [4.69, 9.17) is 4.74 Å². The Bertz CT molecular complexity index is 1050. The van der Waals surface area contributed by atoms with E-state index in [0.29, 0.717) is 23.8 Å². The lowest BCUT2D eigenvalue weighted by molar-refractivity contribution is -0.137. The van der Waals surface area contributed by atoms with E-state index in [-0.39, 0.29) is 16.9 Å². The van der Waals surface area contributed by atoms with E-state index in [9.17, 15) is 23.2 Å². The number of pyridine rings is 1. The van der Waals surface area contributed by atoms with Crippen LogP contribution in [0, 0.1) is 18.3 Å². The summed E-state index contributed by atoms with van der Waals surface area (Å²) in [6.07, 6.45) is -0.0517. The number of nitriles is 1. The maximum Gasteiger partial charge on any atom is 0.416 e. The number of amides is 1. The molecule has 2 saturated heterocycles. The highest BCUT2D eigenvalue weighted by atomic mass is 19.4. The van der Waals surface area contributed by atoms with E-state index in [2.05, 4.69) is 21.3 Å². The van der Waals surface area contributed by atoms with Gasteiger partial charge in [-0.05, 0) is 55.5 Å². The fourth-order valence-corrected chi connectivity index (χ4v) is 4.34. The number of carbonyl (C=O) groups excluding carboxylic acids is 1. The van der Waals surface area contributed by atoms with Gasteiger partial charge in [-0.15, -0.1) is 0 Å². The topological polar surface area (TPSA) is 78.2 Å². The quantitative estimate of drug-likeness (QED) is 0.756. The van der Waals surface area contributed by atoms with Gasteiger partial charge in [0.25, 0.3) is 5.91 Å². The molecule has 3 heterocycles. The first-order valence-corrected chi connectivity index (χ1v) is 10.5. The van der Waals surface area contributed by atoms with Gasteiger partial charge in [0.1, 0.15) is 11.8 Å². The molecule has 0 spiro atoms. The monoisotopic (exact) mass is 444 g/mol. The van der Waals surface area contributed by atoms with Crippen LogP contribution < -0.4 is 5.32 Å². The molecule has 168 valence electrons. The standard InChI is InChI=1S/C23H23F3N4O2/c1-14-8-15(5-7-30-12-18-2-3-19(13-30)32-18)9-16(11-27)21(14)29-22(31)20-10-17(4-6-28-20)23(24,25)26/h4,6,8-10,18-19H,2-3,5,7,12-13H2,1H3,(H,29,31). The van der Waals surface area contributed by atoms with Crippen LogP contribution in [-0.4, -0.2) is 47.6 Å². The molecule has 1 aromatic heterocycles. The predicted molar refractivity (Wildman–Crippen MR) is 111 cm³/mol. The summed E-state index contributed by atoms with van der Waals surface area (Å²) in [4.78, 5) is 18.6. The van der Waals surface area contributed by atoms with Crippen LogP contribution in [0.3, 0.4) is 0 Å². The minimum atomic E-state index is -4.58. The van der Waals surface area contributed by atoms with Crippen molar-refractivity contribution in [3.63, 3.8) is 0 Å². The molecule has 6 nitrogen and oxygen atoms in total. The summed E-state index contributed by atoms with van der Waals surface area (Å²) in [6, 6.07) is 7.19. The number of halogens is 3. The van der Waals surface area contributed by atoms with Crippen LogP contribution in [-0.2, 0) is 17.3 Å². The lowest BCUT2D eigenvalue weighted by Crippen LogP contribution is -2.43. The molecular formula is C23H23F3N4O2. The number of aromatic nitrogens is 1. The smallest absolute Gasteiger partial charge is 0.372 e. The largest absolute Gasteiger partial charge is 0.416 e. The van der Waals surface area contributed by atoms with Gasteiger partial charge in [-0.1, -0.05) is 6.07 Å². The van der Waals surface area contributed by atoms with Gasteiger partial charge in [-0.25, -0.2) is 0 Å². The van der Waals surface area contributed by atoms with Crippen molar-refractivity contribution >= 4 is 11.6 Å². The third kappa shape index (κ3) is 4.92. The number of ether oxygens (including phenoxy) is 1. The number of anilines is 1. The minimum absolute atomic E-state index is 0.266. The Balaban J connectivity index is 1.46. The van der Waals surface area contributed by atoms with E-state index in [1.54, 1.807) is 13.0 Å². The second-order valence-electron chi connectivity index (χ2n) is 8.30. The maximum absolute atomic E-state index is 12.9. The van der Waals surface area contributed by atoms with Crippen molar-refractivity contribution in [1.82, 2.24) is 9.88 Å². The van der Waals surface area contributed by atoms with Crippen LogP contribution in [0.5, 0.6) is 0 Å². The van der Waals surface area contributed by atoms with Crippen LogP contribution in [0.25, 0.3) is 0 Å². The Morgan fingerprint density at radius 2 is 2.00 bits per heavy atom. The van der Waals surface area contributed by atoms with Gasteiger partial charge in [0.05, 0.1) is 29.0 Å². The number of nitrogens with zero attached hydrogens (tertiary/aromatic N) is 3. The summed E-state index contributed by atoms with van der Waals surface area (Å²) >= 11 is 0. The average Bonchev–Trinajstić information content (AvgIpc) is 3.10. The number of nitrogens with one attached hydrogen (secondary N) is 1. The van der Waals surface area contributed by atoms with Crippen molar-refractivity contribution in [2.45, 2.75) is 44.6 Å². The molecule has 1 aromatic carbocycles. The Hall–Kier alpha value is -2.96. The van der Waals surface area contributed by atoms with E-state index < -0.39 is 17.6 Å². The number of morpholine rings is 1. The molecule has 1 amide bonds. The van der Waals surface area contributed by atoms with Gasteiger partial charge in [-0.2, -0.15) is 18.4 Å². The number of rotatable bonds is 5. The Kier molecular flexibility index (Phi) is 6.17. The molecule has 4 rings (SSSR count). The zero-order valence-corrected chi connectivity index (χ0v) is 17.6. The summed E-state index contributed by atoms with van der Waals surface area (Å²) in [7, 11) is 0. The van der Waals surface area contributed by atoms with E-state index >= 15 is 0 Å². The summed E-state index contributed by atoms with van der Waals surface area (Å²) in [5.41, 5.74) is 0.859. The molecule has 0 radical (unpaired) electrons. The van der Waals surface area contributed by atoms with E-state index in [1.165, 1.54) is 0 Å². The average molecular weight is 444 g/mol. The van der Waals surface area contributed by atoms with Crippen molar-refractivity contribution in [3.05, 3.63) is 58.4 Å². The fraction of sp³-hybridized carbons (Fsp3) is 0.435. The lowest BCUT2D eigenvalue weighted by atomic mass is 10.0. The molecule has 2 bridgehead atoms. The highest BCUT2D eigenvalue weighted by Crippen LogP contribution is 2.30. The highest BCUT2D eigenvalue weighted by Gasteiger charge is 2.33. The molecule has 0 saturated carbocycles. The maximum atomic E-state index is 12.9. The Morgan fingerprint density at radius 1 is 1.28 bits per heavy atom. The van der Waals surface area contributed by atoms with Crippen molar-refractivity contribution in [2.24, 2.45) is 0 Å². The minimum Gasteiger partial charge on any atom is -0.372 e. The number of hydrogen-bond acceptors (Lipinski definition) is 5. The van der Waals surface area contributed by atoms with Crippen molar-refractivity contribution < 1.29 is 22.7 Å². The van der Waals surface area contributed by atoms with Gasteiger partial charge in [-0.3, -0.25) is 14.7 Å². The summed E-state index contributed by atoms with van der Waals surface area (Å²) in [5, 5.41) is 12.2. The number of carbonyl (C=O) groups is 1. The fourth-order valence-electron chi connectivity index (χ4n) is 4.34. The first-order chi connectivity index (χ1) is 15.2. The molecule has 2 unspecified atom stereocenters. The van der Waals surface area contributed by atoms with Gasteiger partial charge in [0, 0.05) is 25.8 Å². The second-order valence-corrected chi connectivity index (χ2v) is 8.30. The van der Waals surface area contributed by atoms with Crippen molar-refractivity contribution in [1.29, 1.82) is 5.26 Å². The van der Waals surface area contributed by atoms with Crippen molar-refractivity contribution in [3.8, 4) is 6.07 Å². The van der Waals surface area contributed by atoms with Gasteiger partial charge < -0.3 is 10.1 Å². The highest BCUT2D eigenvalue weighted by molar-refractivity contribution is 6.04. The summed E-state index contributed by atoms with van der Waals surface area (Å²) < 4.78 is 44.6. The van der Waals surface area contributed by atoms with Crippen LogP contribution >= 0.6 is 0 Å². The predicted octanol–water partition coefficient (Wildman–Crippen LogP) is 3.94. The first kappa shape index (κ1) is 22.2. The van der Waals surface area contributed by atoms with E-state index in [1.807, 2.05) is 6.07 Å². The number of alkyl halides is 3. The van der Waals surface area contributed by atoms with Crippen LogP contribution in [0.2, 0.25) is 0 Å². The summed E-state index contributed by atoms with van der Waals surface area (Å²) in [5.74, 6) is -0.799. The third-order valence-electron chi connectivity index (χ3n) is 5.91. The third-order valence-corrected chi connectivity index (χ3v) is 5.91. The molecule has 1 N–H and O–H groups in total. The molecule has 0 aliphatic carbocycles. The summed E-state index contributed by atoms with van der Waals surface area (Å²) in [6.45, 7) is 4.44. The van der Waals surface area contributed by atoms with Gasteiger partial charge in [0.2, 0.25) is 0 Å². The Morgan fingerprint density at radius 3 is 2.66 bits per heavy atom. The lowest BCUT2D eigenvalue weighted by Gasteiger charge is -2.32. The van der Waals surface area contributed by atoms with Gasteiger partial charge in [0.15, 0.2) is 0 Å². The first-order valence-electron chi connectivity index (χ1n) is 10.5. The second kappa shape index (κ2) is 8.88. The number of fused-ring (bicyclic) bond motifs is 2. The Labute approximate surface area is 184 Å². The molecule has 2 aliphatic rings. The van der Waals surface area contributed by atoms with Crippen molar-refractivity contribution in [2.75, 3.05) is 25.0 Å². The molecule has 2 fully saturated rings.